The largest absolute Gasteiger partial charge is 0.354 e. The van der Waals surface area contributed by atoms with Crippen LogP contribution < -0.4 is 5.73 Å². The summed E-state index contributed by atoms with van der Waals surface area (Å²) < 4.78 is 13.4. The van der Waals surface area contributed by atoms with Gasteiger partial charge in [0.05, 0.1) is 10.7 Å². The van der Waals surface area contributed by atoms with Crippen molar-refractivity contribution in [3.8, 4) is 11.3 Å². The Morgan fingerprint density at radius 1 is 1.12 bits per heavy atom. The van der Waals surface area contributed by atoms with Gasteiger partial charge in [0.25, 0.3) is 0 Å². The molecular formula is C20H22ClFN2. The van der Waals surface area contributed by atoms with Crippen molar-refractivity contribution in [3.05, 3.63) is 57.9 Å². The van der Waals surface area contributed by atoms with Crippen LogP contribution in [0, 0.1) is 19.7 Å². The minimum Gasteiger partial charge on any atom is -0.354 e. The van der Waals surface area contributed by atoms with Crippen LogP contribution in [-0.4, -0.2) is 11.5 Å². The molecule has 0 saturated heterocycles. The van der Waals surface area contributed by atoms with Gasteiger partial charge in [0.2, 0.25) is 0 Å². The molecule has 0 amide bonds. The zero-order chi connectivity index (χ0) is 17.3. The molecule has 2 aromatic carbocycles. The molecule has 3 rings (SSSR count). The van der Waals surface area contributed by atoms with E-state index in [0.717, 1.165) is 36.0 Å². The first kappa shape index (κ1) is 17.0. The lowest BCUT2D eigenvalue weighted by molar-refractivity contribution is 0.628. The van der Waals surface area contributed by atoms with E-state index in [4.69, 9.17) is 17.3 Å². The molecule has 4 heteroatoms. The van der Waals surface area contributed by atoms with Gasteiger partial charge in [-0.15, -0.1) is 0 Å². The minimum atomic E-state index is -0.323. The average molecular weight is 345 g/mol. The number of aryl methyl sites for hydroxylation is 3. The highest BCUT2D eigenvalue weighted by Crippen LogP contribution is 2.37. The molecule has 3 aromatic rings. The van der Waals surface area contributed by atoms with Crippen molar-refractivity contribution in [2.75, 3.05) is 6.54 Å². The Hall–Kier alpha value is -1.84. The summed E-state index contributed by atoms with van der Waals surface area (Å²) in [4.78, 5) is 3.54. The standard InChI is InChI=1S/C20H22ClFN2/c1-12-6-8-16-15(5-3-4-10-23)20(24-19(16)13(12)2)17-9-7-14(22)11-18(17)21/h6-9,11,24H,3-5,10,23H2,1-2H3. The highest BCUT2D eigenvalue weighted by atomic mass is 35.5. The summed E-state index contributed by atoms with van der Waals surface area (Å²) >= 11 is 6.32. The van der Waals surface area contributed by atoms with Gasteiger partial charge in [-0.05, 0) is 74.5 Å². The number of fused-ring (bicyclic) bond motifs is 1. The van der Waals surface area contributed by atoms with Crippen LogP contribution in [-0.2, 0) is 6.42 Å². The van der Waals surface area contributed by atoms with Gasteiger partial charge in [0.1, 0.15) is 5.82 Å². The predicted octanol–water partition coefficient (Wildman–Crippen LogP) is 5.53. The quantitative estimate of drug-likeness (QED) is 0.587. The number of nitrogens with one attached hydrogen (secondary N) is 1. The molecule has 1 heterocycles. The van der Waals surface area contributed by atoms with E-state index in [1.54, 1.807) is 6.07 Å². The average Bonchev–Trinajstić information content (AvgIpc) is 2.91. The highest BCUT2D eigenvalue weighted by Gasteiger charge is 2.17. The Morgan fingerprint density at radius 2 is 1.92 bits per heavy atom. The third-order valence-corrected chi connectivity index (χ3v) is 5.01. The molecule has 0 fully saturated rings. The van der Waals surface area contributed by atoms with Crippen LogP contribution in [0.25, 0.3) is 22.2 Å². The summed E-state index contributed by atoms with van der Waals surface area (Å²) in [6, 6.07) is 8.87. The zero-order valence-corrected chi connectivity index (χ0v) is 14.8. The molecule has 126 valence electrons. The number of rotatable bonds is 5. The van der Waals surface area contributed by atoms with Gasteiger partial charge in [-0.2, -0.15) is 0 Å². The number of hydrogen-bond donors (Lipinski definition) is 2. The van der Waals surface area contributed by atoms with Gasteiger partial charge >= 0.3 is 0 Å². The summed E-state index contributed by atoms with van der Waals surface area (Å²) in [6.07, 6.45) is 2.92. The molecule has 2 nitrogen and oxygen atoms in total. The topological polar surface area (TPSA) is 41.8 Å². The molecule has 0 radical (unpaired) electrons. The number of unbranched alkanes of at least 4 members (excludes halogenated alkanes) is 1. The Morgan fingerprint density at radius 3 is 2.62 bits per heavy atom. The van der Waals surface area contributed by atoms with E-state index in [-0.39, 0.29) is 5.82 Å². The van der Waals surface area contributed by atoms with E-state index < -0.39 is 0 Å². The van der Waals surface area contributed by atoms with E-state index in [1.807, 2.05) is 0 Å². The first-order chi connectivity index (χ1) is 11.5. The molecule has 24 heavy (non-hydrogen) atoms. The molecule has 0 bridgehead atoms. The second-order valence-corrected chi connectivity index (χ2v) is 6.69. The summed E-state index contributed by atoms with van der Waals surface area (Å²) in [7, 11) is 0. The van der Waals surface area contributed by atoms with Crippen molar-refractivity contribution in [1.29, 1.82) is 0 Å². The zero-order valence-electron chi connectivity index (χ0n) is 14.0. The number of halogens is 2. The number of H-pyrrole nitrogens is 1. The van der Waals surface area contributed by atoms with Crippen LogP contribution in [0.5, 0.6) is 0 Å². The molecule has 0 unspecified atom stereocenters. The smallest absolute Gasteiger partial charge is 0.124 e. The molecular weight excluding hydrogens is 323 g/mol. The lowest BCUT2D eigenvalue weighted by Gasteiger charge is -2.07. The first-order valence-corrected chi connectivity index (χ1v) is 8.67. The van der Waals surface area contributed by atoms with Crippen LogP contribution >= 0.6 is 11.6 Å². The lowest BCUT2D eigenvalue weighted by atomic mass is 9.98. The second kappa shape index (κ2) is 6.96. The molecule has 0 aliphatic rings. The van der Waals surface area contributed by atoms with E-state index >= 15 is 0 Å². The maximum Gasteiger partial charge on any atom is 0.124 e. The van der Waals surface area contributed by atoms with E-state index in [9.17, 15) is 4.39 Å². The summed E-state index contributed by atoms with van der Waals surface area (Å²) in [5.41, 5.74) is 12.3. The summed E-state index contributed by atoms with van der Waals surface area (Å²) in [5, 5.41) is 1.64. The molecule has 0 aliphatic heterocycles. The SMILES string of the molecule is Cc1ccc2c(CCCCN)c(-c3ccc(F)cc3Cl)[nH]c2c1C. The molecule has 0 atom stereocenters. The van der Waals surface area contributed by atoms with Crippen LogP contribution in [0.15, 0.2) is 30.3 Å². The number of aromatic nitrogens is 1. The predicted molar refractivity (Wildman–Crippen MR) is 100 cm³/mol. The normalized spacial score (nSPS) is 11.4. The molecule has 3 N–H and O–H groups in total. The monoisotopic (exact) mass is 344 g/mol. The Balaban J connectivity index is 2.21. The lowest BCUT2D eigenvalue weighted by Crippen LogP contribution is -1.99. The van der Waals surface area contributed by atoms with Crippen LogP contribution in [0.1, 0.15) is 29.5 Å². The van der Waals surface area contributed by atoms with Gasteiger partial charge < -0.3 is 10.7 Å². The molecule has 1 aromatic heterocycles. The molecule has 0 saturated carbocycles. The van der Waals surface area contributed by atoms with Gasteiger partial charge in [-0.3, -0.25) is 0 Å². The van der Waals surface area contributed by atoms with Crippen molar-refractivity contribution in [3.63, 3.8) is 0 Å². The van der Waals surface area contributed by atoms with Crippen molar-refractivity contribution >= 4 is 22.5 Å². The number of benzene rings is 2. The maximum atomic E-state index is 13.4. The third-order valence-electron chi connectivity index (χ3n) is 4.69. The number of aromatic amines is 1. The van der Waals surface area contributed by atoms with Crippen molar-refractivity contribution in [2.24, 2.45) is 5.73 Å². The van der Waals surface area contributed by atoms with Crippen molar-refractivity contribution in [2.45, 2.75) is 33.1 Å². The highest BCUT2D eigenvalue weighted by molar-refractivity contribution is 6.33. The van der Waals surface area contributed by atoms with Crippen LogP contribution in [0.4, 0.5) is 4.39 Å². The summed E-state index contributed by atoms with van der Waals surface area (Å²) in [5.74, 6) is -0.323. The Kier molecular flexibility index (Phi) is 4.93. The van der Waals surface area contributed by atoms with Crippen molar-refractivity contribution in [1.82, 2.24) is 4.98 Å². The van der Waals surface area contributed by atoms with Gasteiger partial charge in [0.15, 0.2) is 0 Å². The molecule has 0 spiro atoms. The maximum absolute atomic E-state index is 13.4. The fraction of sp³-hybridized carbons (Fsp3) is 0.300. The number of hydrogen-bond acceptors (Lipinski definition) is 1. The van der Waals surface area contributed by atoms with Gasteiger partial charge in [-0.25, -0.2) is 4.39 Å². The summed E-state index contributed by atoms with van der Waals surface area (Å²) in [6.45, 7) is 4.91. The fourth-order valence-corrected chi connectivity index (χ4v) is 3.45. The van der Waals surface area contributed by atoms with Gasteiger partial charge in [-0.1, -0.05) is 23.7 Å². The Bertz CT molecular complexity index is 883. The van der Waals surface area contributed by atoms with Crippen LogP contribution in [0.3, 0.4) is 0 Å². The van der Waals surface area contributed by atoms with Crippen LogP contribution in [0.2, 0.25) is 5.02 Å². The minimum absolute atomic E-state index is 0.323. The Labute approximate surface area is 146 Å². The van der Waals surface area contributed by atoms with E-state index in [0.29, 0.717) is 11.6 Å². The van der Waals surface area contributed by atoms with E-state index in [2.05, 4.69) is 31.0 Å². The third kappa shape index (κ3) is 3.06. The van der Waals surface area contributed by atoms with Gasteiger partial charge in [0, 0.05) is 16.5 Å². The molecule has 0 aliphatic carbocycles. The van der Waals surface area contributed by atoms with E-state index in [1.165, 1.54) is 34.2 Å². The first-order valence-electron chi connectivity index (χ1n) is 8.29. The fourth-order valence-electron chi connectivity index (χ4n) is 3.19. The van der Waals surface area contributed by atoms with Crippen molar-refractivity contribution < 1.29 is 4.39 Å². The second-order valence-electron chi connectivity index (χ2n) is 6.28. The number of nitrogens with two attached hydrogens (primary N) is 1.